The Balaban J connectivity index is 1.99. The zero-order chi connectivity index (χ0) is 13.0. The molecule has 3 nitrogen and oxygen atoms in total. The van der Waals surface area contributed by atoms with Gasteiger partial charge in [-0.1, -0.05) is 0 Å². The second kappa shape index (κ2) is 5.61. The van der Waals surface area contributed by atoms with E-state index < -0.39 is 5.82 Å². The predicted octanol–water partition coefficient (Wildman–Crippen LogP) is 3.08. The van der Waals surface area contributed by atoms with Gasteiger partial charge in [-0.2, -0.15) is 5.26 Å². The van der Waals surface area contributed by atoms with Gasteiger partial charge in [0, 0.05) is 11.3 Å². The summed E-state index contributed by atoms with van der Waals surface area (Å²) < 4.78 is 18.4. The van der Waals surface area contributed by atoms with Crippen LogP contribution in [0.2, 0.25) is 0 Å². The molecule has 0 fully saturated rings. The van der Waals surface area contributed by atoms with Crippen LogP contribution in [0.15, 0.2) is 23.7 Å². The second-order valence-electron chi connectivity index (χ2n) is 3.71. The van der Waals surface area contributed by atoms with E-state index in [4.69, 9.17) is 10.00 Å². The van der Waals surface area contributed by atoms with Crippen LogP contribution < -0.4 is 4.74 Å². The number of rotatable bonds is 4. The molecule has 0 unspecified atom stereocenters. The molecule has 2 rings (SSSR count). The maximum atomic E-state index is 12.9. The normalized spacial score (nSPS) is 10.1. The summed E-state index contributed by atoms with van der Waals surface area (Å²) in [6.07, 6.45) is 0.735. The van der Waals surface area contributed by atoms with Gasteiger partial charge in [0.25, 0.3) is 0 Å². The molecule has 0 amide bonds. The van der Waals surface area contributed by atoms with E-state index in [1.165, 1.54) is 18.2 Å². The lowest BCUT2D eigenvalue weighted by atomic mass is 10.2. The van der Waals surface area contributed by atoms with E-state index >= 15 is 0 Å². The summed E-state index contributed by atoms with van der Waals surface area (Å²) in [7, 11) is 0. The zero-order valence-corrected chi connectivity index (χ0v) is 10.6. The maximum Gasteiger partial charge on any atom is 0.137 e. The van der Waals surface area contributed by atoms with Crippen LogP contribution in [0.4, 0.5) is 4.39 Å². The third kappa shape index (κ3) is 2.84. The fourth-order valence-electron chi connectivity index (χ4n) is 1.54. The van der Waals surface area contributed by atoms with Crippen molar-refractivity contribution < 1.29 is 9.13 Å². The van der Waals surface area contributed by atoms with Crippen LogP contribution in [-0.2, 0) is 6.42 Å². The van der Waals surface area contributed by atoms with Gasteiger partial charge in [0.05, 0.1) is 23.4 Å². The molecule has 2 aromatic rings. The molecule has 0 bridgehead atoms. The predicted molar refractivity (Wildman–Crippen MR) is 67.2 cm³/mol. The van der Waals surface area contributed by atoms with Crippen LogP contribution in [-0.4, -0.2) is 11.6 Å². The largest absolute Gasteiger partial charge is 0.492 e. The summed E-state index contributed by atoms with van der Waals surface area (Å²) in [5.74, 6) is -0.0155. The van der Waals surface area contributed by atoms with Crippen molar-refractivity contribution in [2.75, 3.05) is 6.61 Å². The summed E-state index contributed by atoms with van der Waals surface area (Å²) in [5, 5.41) is 8.87. The van der Waals surface area contributed by atoms with E-state index in [-0.39, 0.29) is 5.56 Å². The number of ether oxygens (including phenoxy) is 1. The van der Waals surface area contributed by atoms with Crippen molar-refractivity contribution in [2.24, 2.45) is 0 Å². The van der Waals surface area contributed by atoms with Gasteiger partial charge in [-0.25, -0.2) is 9.37 Å². The van der Waals surface area contributed by atoms with Gasteiger partial charge >= 0.3 is 0 Å². The molecule has 92 valence electrons. The molecule has 1 heterocycles. The molecule has 0 aliphatic heterocycles. The van der Waals surface area contributed by atoms with Crippen LogP contribution in [0.25, 0.3) is 0 Å². The van der Waals surface area contributed by atoms with E-state index in [1.807, 2.05) is 13.0 Å². The minimum absolute atomic E-state index is 0.219. The van der Waals surface area contributed by atoms with Crippen LogP contribution in [0.1, 0.15) is 16.1 Å². The van der Waals surface area contributed by atoms with Gasteiger partial charge in [0.2, 0.25) is 0 Å². The Bertz CT molecular complexity index is 589. The van der Waals surface area contributed by atoms with Gasteiger partial charge < -0.3 is 4.74 Å². The van der Waals surface area contributed by atoms with E-state index in [9.17, 15) is 4.39 Å². The number of nitrogens with zero attached hydrogens (tertiary/aromatic N) is 2. The highest BCUT2D eigenvalue weighted by atomic mass is 32.1. The lowest BCUT2D eigenvalue weighted by Gasteiger charge is -2.07. The molecule has 0 saturated carbocycles. The third-order valence-electron chi connectivity index (χ3n) is 2.49. The van der Waals surface area contributed by atoms with Gasteiger partial charge in [-0.3, -0.25) is 0 Å². The first kappa shape index (κ1) is 12.5. The Morgan fingerprint density at radius 2 is 2.33 bits per heavy atom. The molecule has 0 aliphatic rings. The van der Waals surface area contributed by atoms with Crippen molar-refractivity contribution in [2.45, 2.75) is 13.3 Å². The fourth-order valence-corrected chi connectivity index (χ4v) is 2.30. The molecule has 0 atom stereocenters. The molecule has 0 spiro atoms. The first-order valence-corrected chi connectivity index (χ1v) is 6.30. The monoisotopic (exact) mass is 262 g/mol. The van der Waals surface area contributed by atoms with E-state index in [0.29, 0.717) is 12.4 Å². The van der Waals surface area contributed by atoms with E-state index in [0.717, 1.165) is 17.0 Å². The number of thiazole rings is 1. The lowest BCUT2D eigenvalue weighted by molar-refractivity contribution is 0.321. The number of aryl methyl sites for hydroxylation is 1. The Kier molecular flexibility index (Phi) is 3.90. The van der Waals surface area contributed by atoms with Gasteiger partial charge in [-0.15, -0.1) is 11.3 Å². The average molecular weight is 262 g/mol. The summed E-state index contributed by atoms with van der Waals surface area (Å²) in [5.41, 5.74) is 3.02. The Morgan fingerprint density at radius 1 is 1.50 bits per heavy atom. The Morgan fingerprint density at radius 3 is 3.00 bits per heavy atom. The number of hydrogen-bond acceptors (Lipinski definition) is 4. The van der Waals surface area contributed by atoms with Crippen molar-refractivity contribution in [3.8, 4) is 11.8 Å². The first-order valence-electron chi connectivity index (χ1n) is 5.42. The number of aromatic nitrogens is 1. The van der Waals surface area contributed by atoms with Crippen LogP contribution in [0.3, 0.4) is 0 Å². The minimum Gasteiger partial charge on any atom is -0.492 e. The van der Waals surface area contributed by atoms with Crippen molar-refractivity contribution in [3.63, 3.8) is 0 Å². The summed E-state index contributed by atoms with van der Waals surface area (Å²) in [6.45, 7) is 2.40. The molecule has 0 aliphatic carbocycles. The molecule has 0 saturated heterocycles. The molecule has 1 aromatic heterocycles. The molecule has 0 radical (unpaired) electrons. The smallest absolute Gasteiger partial charge is 0.137 e. The van der Waals surface area contributed by atoms with Crippen LogP contribution in [0.5, 0.6) is 5.75 Å². The second-order valence-corrected chi connectivity index (χ2v) is 4.65. The molecule has 1 aromatic carbocycles. The summed E-state index contributed by atoms with van der Waals surface area (Å²) >= 11 is 1.58. The molecule has 18 heavy (non-hydrogen) atoms. The fraction of sp³-hybridized carbons (Fsp3) is 0.231. The van der Waals surface area contributed by atoms with Gasteiger partial charge in [0.1, 0.15) is 17.6 Å². The molecule has 0 N–H and O–H groups in total. The van der Waals surface area contributed by atoms with Crippen LogP contribution >= 0.6 is 11.3 Å². The molecular formula is C13H11FN2OS. The highest BCUT2D eigenvalue weighted by Crippen LogP contribution is 2.19. The average Bonchev–Trinajstić information content (AvgIpc) is 2.77. The van der Waals surface area contributed by atoms with Gasteiger partial charge in [0.15, 0.2) is 0 Å². The molecule has 5 heteroatoms. The number of benzene rings is 1. The maximum absolute atomic E-state index is 12.9. The van der Waals surface area contributed by atoms with Crippen molar-refractivity contribution >= 4 is 11.3 Å². The number of halogens is 1. The number of nitriles is 1. The standard InChI is InChI=1S/C13H11FN2OS/c1-9-13(18-8-16-9)4-5-17-12-3-2-11(14)6-10(12)7-15/h2-3,6,8H,4-5H2,1H3. The van der Waals surface area contributed by atoms with Crippen molar-refractivity contribution in [1.82, 2.24) is 4.98 Å². The third-order valence-corrected chi connectivity index (χ3v) is 3.49. The highest BCUT2D eigenvalue weighted by molar-refractivity contribution is 7.09. The topological polar surface area (TPSA) is 45.9 Å². The highest BCUT2D eigenvalue weighted by Gasteiger charge is 2.06. The first-order chi connectivity index (χ1) is 8.70. The van der Waals surface area contributed by atoms with E-state index in [1.54, 1.807) is 16.8 Å². The summed E-state index contributed by atoms with van der Waals surface area (Å²) in [6, 6.07) is 5.86. The van der Waals surface area contributed by atoms with Gasteiger partial charge in [-0.05, 0) is 25.1 Å². The van der Waals surface area contributed by atoms with Crippen molar-refractivity contribution in [1.29, 1.82) is 5.26 Å². The Hall–Kier alpha value is -1.93. The zero-order valence-electron chi connectivity index (χ0n) is 9.81. The lowest BCUT2D eigenvalue weighted by Crippen LogP contribution is -2.02. The van der Waals surface area contributed by atoms with E-state index in [2.05, 4.69) is 4.98 Å². The minimum atomic E-state index is -0.433. The SMILES string of the molecule is Cc1ncsc1CCOc1ccc(F)cc1C#N. The Labute approximate surface area is 108 Å². The van der Waals surface area contributed by atoms with Crippen LogP contribution in [0, 0.1) is 24.1 Å². The number of hydrogen-bond donors (Lipinski definition) is 0. The quantitative estimate of drug-likeness (QED) is 0.850. The summed E-state index contributed by atoms with van der Waals surface area (Å²) in [4.78, 5) is 5.31. The molecular weight excluding hydrogens is 251 g/mol. The van der Waals surface area contributed by atoms with Crippen molar-refractivity contribution in [3.05, 3.63) is 45.7 Å².